The predicted molar refractivity (Wildman–Crippen MR) is 121 cm³/mol. The van der Waals surface area contributed by atoms with E-state index in [0.29, 0.717) is 19.0 Å². The van der Waals surface area contributed by atoms with Gasteiger partial charge in [-0.3, -0.25) is 9.80 Å². The van der Waals surface area contributed by atoms with E-state index in [4.69, 9.17) is 4.65 Å². The molecule has 2 aliphatic heterocycles. The zero-order valence-corrected chi connectivity index (χ0v) is 18.3. The van der Waals surface area contributed by atoms with Crippen LogP contribution in [0.25, 0.3) is 0 Å². The summed E-state index contributed by atoms with van der Waals surface area (Å²) in [5, 5.41) is 19.2. The minimum Gasteiger partial charge on any atom is -0.536 e. The Morgan fingerprint density at radius 2 is 2.03 bits per heavy atom. The van der Waals surface area contributed by atoms with Gasteiger partial charge in [-0.25, -0.2) is 4.79 Å². The summed E-state index contributed by atoms with van der Waals surface area (Å²) in [6, 6.07) is 5.47. The second-order valence-electron chi connectivity index (χ2n) is 8.50. The molecule has 2 heterocycles. The third-order valence-electron chi connectivity index (χ3n) is 5.70. The minimum atomic E-state index is -1.09. The van der Waals surface area contributed by atoms with Crippen molar-refractivity contribution in [1.82, 2.24) is 20.4 Å². The standard InChI is InChI=1S/C21H32BN5O4/c1-15(2)23-7-8-26-9-11-27(12-10-26)14-16(3)24-19-13-17-5-4-6-18(21(28)29)20(17)31-22(19)25-30/h4-6,15,19,23-24H,3,7-14H2,1-2H3,(H,28,29). The van der Waals surface area contributed by atoms with Gasteiger partial charge in [-0.2, -0.15) is 4.91 Å². The van der Waals surface area contributed by atoms with E-state index in [1.165, 1.54) is 6.07 Å². The molecule has 0 spiro atoms. The lowest BCUT2D eigenvalue weighted by Gasteiger charge is -2.36. The third kappa shape index (κ3) is 6.28. The highest BCUT2D eigenvalue weighted by Crippen LogP contribution is 2.31. The molecule has 0 saturated carbocycles. The lowest BCUT2D eigenvalue weighted by Crippen LogP contribution is -2.52. The molecule has 0 aromatic heterocycles. The van der Waals surface area contributed by atoms with Crippen molar-refractivity contribution in [3.63, 3.8) is 0 Å². The van der Waals surface area contributed by atoms with Crippen LogP contribution in [0.15, 0.2) is 35.6 Å². The molecular formula is C21H32BN5O4. The molecule has 0 bridgehead atoms. The number of piperazine rings is 1. The molecule has 168 valence electrons. The number of nitroso groups, excluding NO2 is 1. The summed E-state index contributed by atoms with van der Waals surface area (Å²) in [5.74, 6) is -1.24. The quantitative estimate of drug-likeness (QED) is 0.376. The molecule has 1 fully saturated rings. The van der Waals surface area contributed by atoms with Crippen LogP contribution in [-0.4, -0.2) is 85.7 Å². The van der Waals surface area contributed by atoms with Crippen molar-refractivity contribution in [2.45, 2.75) is 32.3 Å². The maximum absolute atomic E-state index is 11.4. The van der Waals surface area contributed by atoms with Crippen LogP contribution in [-0.2, 0) is 6.42 Å². The van der Waals surface area contributed by atoms with E-state index < -0.39 is 13.0 Å². The number of aromatic carboxylic acids is 1. The average Bonchev–Trinajstić information content (AvgIpc) is 2.73. The first kappa shape index (κ1) is 23.2. The molecular weight excluding hydrogens is 397 g/mol. The van der Waals surface area contributed by atoms with Gasteiger partial charge < -0.3 is 20.4 Å². The maximum atomic E-state index is 11.4. The van der Waals surface area contributed by atoms with E-state index in [1.807, 2.05) is 6.07 Å². The summed E-state index contributed by atoms with van der Waals surface area (Å²) < 4.78 is 5.66. The Morgan fingerprint density at radius 3 is 2.68 bits per heavy atom. The van der Waals surface area contributed by atoms with Gasteiger partial charge in [0.05, 0.1) is 11.5 Å². The van der Waals surface area contributed by atoms with Gasteiger partial charge in [0.1, 0.15) is 5.75 Å². The normalized spacial score (nSPS) is 19.6. The molecule has 1 aromatic carbocycles. The first-order chi connectivity index (χ1) is 14.9. The van der Waals surface area contributed by atoms with E-state index in [1.54, 1.807) is 6.07 Å². The number of carboxylic acid groups (broad SMARTS) is 1. The van der Waals surface area contributed by atoms with Crippen LogP contribution in [0.3, 0.4) is 0 Å². The van der Waals surface area contributed by atoms with Crippen LogP contribution in [0.4, 0.5) is 0 Å². The number of hydrogen-bond acceptors (Lipinski definition) is 8. The molecule has 0 radical (unpaired) electrons. The topological polar surface area (TPSA) is 106 Å². The molecule has 0 aliphatic carbocycles. The van der Waals surface area contributed by atoms with Gasteiger partial charge in [0.15, 0.2) is 0 Å². The Bertz CT molecular complexity index is 798. The fourth-order valence-electron chi connectivity index (χ4n) is 4.07. The monoisotopic (exact) mass is 429 g/mol. The average molecular weight is 429 g/mol. The smallest absolute Gasteiger partial charge is 0.536 e. The Labute approximate surface area is 183 Å². The number of nitrogens with one attached hydrogen (secondary N) is 2. The molecule has 3 rings (SSSR count). The van der Waals surface area contributed by atoms with Crippen molar-refractivity contribution in [1.29, 1.82) is 0 Å². The van der Waals surface area contributed by atoms with Gasteiger partial charge in [0.25, 0.3) is 0 Å². The summed E-state index contributed by atoms with van der Waals surface area (Å²) in [4.78, 5) is 27.6. The van der Waals surface area contributed by atoms with Crippen molar-refractivity contribution < 1.29 is 14.6 Å². The van der Waals surface area contributed by atoms with Crippen LogP contribution in [0.5, 0.6) is 5.75 Å². The third-order valence-corrected chi connectivity index (χ3v) is 5.70. The van der Waals surface area contributed by atoms with Crippen LogP contribution in [0.2, 0.25) is 0 Å². The predicted octanol–water partition coefficient (Wildman–Crippen LogP) is 1.20. The fraction of sp³-hybridized carbons (Fsp3) is 0.571. The van der Waals surface area contributed by atoms with Crippen LogP contribution < -0.4 is 15.3 Å². The molecule has 1 atom stereocenters. The Balaban J connectivity index is 1.50. The van der Waals surface area contributed by atoms with E-state index in [0.717, 1.165) is 50.5 Å². The number of rotatable bonds is 10. The summed E-state index contributed by atoms with van der Waals surface area (Å²) >= 11 is 0. The maximum Gasteiger partial charge on any atom is 0.570 e. The van der Waals surface area contributed by atoms with Gasteiger partial charge in [0, 0.05) is 57.6 Å². The summed E-state index contributed by atoms with van der Waals surface area (Å²) in [5.41, 5.74) is 1.59. The van der Waals surface area contributed by atoms with Crippen LogP contribution in [0, 0.1) is 4.91 Å². The highest BCUT2D eigenvalue weighted by Gasteiger charge is 2.39. The first-order valence-electron chi connectivity index (χ1n) is 10.8. The summed E-state index contributed by atoms with van der Waals surface area (Å²) in [6.45, 7) is 15.1. The molecule has 0 amide bonds. The molecule has 1 aromatic rings. The number of para-hydroxylation sites is 1. The highest BCUT2D eigenvalue weighted by atomic mass is 16.5. The second kappa shape index (κ2) is 10.7. The number of nitrogens with zero attached hydrogens (tertiary/aromatic N) is 3. The van der Waals surface area contributed by atoms with E-state index >= 15 is 0 Å². The molecule has 2 aliphatic rings. The van der Waals surface area contributed by atoms with Crippen molar-refractivity contribution in [3.8, 4) is 5.75 Å². The van der Waals surface area contributed by atoms with Crippen molar-refractivity contribution >= 4 is 13.0 Å². The first-order valence-corrected chi connectivity index (χ1v) is 10.8. The number of hydrogen-bond donors (Lipinski definition) is 3. The molecule has 31 heavy (non-hydrogen) atoms. The van der Waals surface area contributed by atoms with Gasteiger partial charge in [-0.1, -0.05) is 37.6 Å². The van der Waals surface area contributed by atoms with Crippen molar-refractivity contribution in [2.75, 3.05) is 45.8 Å². The van der Waals surface area contributed by atoms with Gasteiger partial charge in [-0.15, -0.1) is 0 Å². The van der Waals surface area contributed by atoms with Gasteiger partial charge in [0.2, 0.25) is 0 Å². The number of benzene rings is 1. The van der Waals surface area contributed by atoms with Crippen molar-refractivity contribution in [2.24, 2.45) is 5.09 Å². The molecule has 3 N–H and O–H groups in total. The Morgan fingerprint density at radius 1 is 1.32 bits per heavy atom. The fourth-order valence-corrected chi connectivity index (χ4v) is 4.07. The second-order valence-corrected chi connectivity index (χ2v) is 8.50. The van der Waals surface area contributed by atoms with Gasteiger partial charge >= 0.3 is 13.0 Å². The number of carbonyl (C=O) groups is 1. The van der Waals surface area contributed by atoms with Crippen LogP contribution >= 0.6 is 0 Å². The largest absolute Gasteiger partial charge is 0.570 e. The van der Waals surface area contributed by atoms with E-state index in [2.05, 4.69) is 45.9 Å². The number of fused-ring (bicyclic) bond motifs is 1. The van der Waals surface area contributed by atoms with E-state index in [9.17, 15) is 14.8 Å². The Kier molecular flexibility index (Phi) is 8.06. The Hall–Kier alpha value is -2.43. The zero-order valence-electron chi connectivity index (χ0n) is 18.3. The lowest BCUT2D eigenvalue weighted by atomic mass is 9.68. The minimum absolute atomic E-state index is 0.0462. The molecule has 1 unspecified atom stereocenters. The molecule has 1 saturated heterocycles. The zero-order chi connectivity index (χ0) is 22.4. The molecule has 9 nitrogen and oxygen atoms in total. The van der Waals surface area contributed by atoms with Crippen LogP contribution in [0.1, 0.15) is 29.8 Å². The highest BCUT2D eigenvalue weighted by molar-refractivity contribution is 6.53. The van der Waals surface area contributed by atoms with Crippen molar-refractivity contribution in [3.05, 3.63) is 46.5 Å². The van der Waals surface area contributed by atoms with Gasteiger partial charge in [-0.05, 0) is 18.1 Å². The molecule has 10 heteroatoms. The number of carboxylic acids is 1. The lowest BCUT2D eigenvalue weighted by molar-refractivity contribution is 0.0694. The van der Waals surface area contributed by atoms with E-state index in [-0.39, 0.29) is 17.3 Å². The summed E-state index contributed by atoms with van der Waals surface area (Å²) in [6.07, 6.45) is 0.447. The summed E-state index contributed by atoms with van der Waals surface area (Å²) in [7, 11) is -1.00. The SMILES string of the molecule is C=C(CN1CCN(CCNC(C)C)CC1)NC1Cc2cccc(C(=O)O)c2OB1N=O.